The molecule has 3 aromatic rings. The predicted molar refractivity (Wildman–Crippen MR) is 122 cm³/mol. The van der Waals surface area contributed by atoms with Gasteiger partial charge in [0.05, 0.1) is 0 Å². The molecule has 0 unspecified atom stereocenters. The summed E-state index contributed by atoms with van der Waals surface area (Å²) in [5.74, 6) is 0.595. The Morgan fingerprint density at radius 3 is 2.34 bits per heavy atom. The van der Waals surface area contributed by atoms with E-state index in [-0.39, 0.29) is 0 Å². The van der Waals surface area contributed by atoms with E-state index in [1.54, 1.807) is 11.0 Å². The predicted octanol–water partition coefficient (Wildman–Crippen LogP) is 3.29. The summed E-state index contributed by atoms with van der Waals surface area (Å²) in [6, 6.07) is 17.4. The van der Waals surface area contributed by atoms with Crippen molar-refractivity contribution in [3.8, 4) is 22.8 Å². The fraction of sp³-hybridized carbons (Fsp3) is 0.280. The number of aryl methyl sites for hydroxylation is 1. The summed E-state index contributed by atoms with van der Waals surface area (Å²) >= 11 is 0. The second-order valence-electron chi connectivity index (χ2n) is 8.02. The minimum absolute atomic E-state index is 0.433. The molecule has 0 atom stereocenters. The lowest BCUT2D eigenvalue weighted by atomic mass is 10.1. The molecule has 1 N–H and O–H groups in total. The molecule has 5 rings (SSSR count). The Labute approximate surface area is 186 Å². The van der Waals surface area contributed by atoms with Gasteiger partial charge in [0.15, 0.2) is 11.5 Å². The molecule has 2 aliphatic heterocycles. The number of ketones is 1. The summed E-state index contributed by atoms with van der Waals surface area (Å²) < 4.78 is 11.3. The first-order valence-electron chi connectivity index (χ1n) is 10.8. The molecule has 1 fully saturated rings. The van der Waals surface area contributed by atoms with Crippen LogP contribution in [-0.2, 0) is 4.79 Å². The van der Waals surface area contributed by atoms with Gasteiger partial charge in [-0.1, -0.05) is 30.3 Å². The summed E-state index contributed by atoms with van der Waals surface area (Å²) in [5, 5.41) is 0. The number of ether oxygens (including phenoxy) is 2. The Bertz CT molecular complexity index is 1150. The number of aromatic amines is 1. The van der Waals surface area contributed by atoms with Gasteiger partial charge in [-0.25, -0.2) is 0 Å². The maximum atomic E-state index is 13.0. The van der Waals surface area contributed by atoms with Crippen LogP contribution in [0, 0.1) is 6.92 Å². The van der Waals surface area contributed by atoms with Gasteiger partial charge < -0.3 is 24.3 Å². The molecule has 1 saturated heterocycles. The van der Waals surface area contributed by atoms with E-state index < -0.39 is 11.7 Å². The van der Waals surface area contributed by atoms with Gasteiger partial charge in [-0.15, -0.1) is 0 Å². The van der Waals surface area contributed by atoms with Crippen LogP contribution >= 0.6 is 0 Å². The summed E-state index contributed by atoms with van der Waals surface area (Å²) in [5.41, 5.74) is 3.99. The first-order chi connectivity index (χ1) is 15.6. The molecule has 0 radical (unpaired) electrons. The monoisotopic (exact) mass is 431 g/mol. The van der Waals surface area contributed by atoms with Gasteiger partial charge in [0.1, 0.15) is 13.2 Å². The smallest absolute Gasteiger partial charge is 0.295 e. The van der Waals surface area contributed by atoms with Crippen molar-refractivity contribution in [2.45, 2.75) is 6.92 Å². The van der Waals surface area contributed by atoms with E-state index in [4.69, 9.17) is 9.47 Å². The molecule has 1 aromatic heterocycles. The molecule has 2 aromatic carbocycles. The third kappa shape index (κ3) is 3.82. The van der Waals surface area contributed by atoms with Crippen LogP contribution in [0.4, 0.5) is 5.69 Å². The highest BCUT2D eigenvalue weighted by Gasteiger charge is 2.29. The largest absolute Gasteiger partial charge is 0.486 e. The number of carbonyl (C=O) groups excluding carboxylic acids is 2. The van der Waals surface area contributed by atoms with Crippen molar-refractivity contribution < 1.29 is 19.1 Å². The van der Waals surface area contributed by atoms with Crippen LogP contribution in [0.25, 0.3) is 11.3 Å². The third-order valence-corrected chi connectivity index (χ3v) is 6.00. The second kappa shape index (κ2) is 8.42. The number of fused-ring (bicyclic) bond motifs is 1. The van der Waals surface area contributed by atoms with Crippen molar-refractivity contribution in [1.29, 1.82) is 0 Å². The van der Waals surface area contributed by atoms with E-state index in [1.165, 1.54) is 0 Å². The van der Waals surface area contributed by atoms with E-state index in [1.807, 2.05) is 55.5 Å². The molecule has 1 amide bonds. The Morgan fingerprint density at radius 1 is 0.875 bits per heavy atom. The van der Waals surface area contributed by atoms with E-state index in [0.717, 1.165) is 28.4 Å². The number of anilines is 1. The number of benzene rings is 2. The minimum Gasteiger partial charge on any atom is -0.486 e. The number of Topliss-reactive ketones (excluding diaryl/α,β-unsaturated/α-hetero) is 1. The van der Waals surface area contributed by atoms with Crippen molar-refractivity contribution >= 4 is 17.4 Å². The highest BCUT2D eigenvalue weighted by molar-refractivity contribution is 6.43. The van der Waals surface area contributed by atoms with Crippen LogP contribution in [-0.4, -0.2) is 61.0 Å². The van der Waals surface area contributed by atoms with Gasteiger partial charge in [0.25, 0.3) is 11.7 Å². The van der Waals surface area contributed by atoms with Gasteiger partial charge in [0.2, 0.25) is 0 Å². The third-order valence-electron chi connectivity index (χ3n) is 6.00. The first-order valence-corrected chi connectivity index (χ1v) is 10.8. The maximum absolute atomic E-state index is 13.0. The SMILES string of the molecule is Cc1[nH]c(-c2ccccc2)cc1C(=O)C(=O)N1CCN(c2ccc3c(c2)OCCO3)CC1. The van der Waals surface area contributed by atoms with Crippen molar-refractivity contribution in [1.82, 2.24) is 9.88 Å². The highest BCUT2D eigenvalue weighted by Crippen LogP contribution is 2.34. The van der Waals surface area contributed by atoms with Crippen molar-refractivity contribution in [2.24, 2.45) is 0 Å². The Hall–Kier alpha value is -3.74. The zero-order chi connectivity index (χ0) is 22.1. The Morgan fingerprint density at radius 2 is 1.59 bits per heavy atom. The minimum atomic E-state index is -0.464. The molecule has 7 heteroatoms. The topological polar surface area (TPSA) is 74.9 Å². The lowest BCUT2D eigenvalue weighted by Crippen LogP contribution is -2.50. The Kier molecular flexibility index (Phi) is 5.31. The average molecular weight is 431 g/mol. The maximum Gasteiger partial charge on any atom is 0.295 e. The number of nitrogens with zero attached hydrogens (tertiary/aromatic N) is 2. The standard InChI is InChI=1S/C25H25N3O4/c1-17-20(16-21(26-17)18-5-3-2-4-6-18)24(29)25(30)28-11-9-27(10-12-28)19-7-8-22-23(15-19)32-14-13-31-22/h2-8,15-16,26H,9-14H2,1H3. The average Bonchev–Trinajstić information content (AvgIpc) is 3.25. The van der Waals surface area contributed by atoms with E-state index in [0.29, 0.717) is 50.7 Å². The number of carbonyl (C=O) groups is 2. The fourth-order valence-electron chi connectivity index (χ4n) is 4.22. The number of amides is 1. The number of hydrogen-bond acceptors (Lipinski definition) is 5. The van der Waals surface area contributed by atoms with Gasteiger partial charge in [-0.3, -0.25) is 9.59 Å². The lowest BCUT2D eigenvalue weighted by Gasteiger charge is -2.36. The normalized spacial score (nSPS) is 15.5. The van der Waals surface area contributed by atoms with Gasteiger partial charge in [0, 0.05) is 54.9 Å². The van der Waals surface area contributed by atoms with Crippen molar-refractivity contribution in [2.75, 3.05) is 44.3 Å². The number of hydrogen-bond donors (Lipinski definition) is 1. The quantitative estimate of drug-likeness (QED) is 0.507. The molecule has 7 nitrogen and oxygen atoms in total. The first kappa shape index (κ1) is 20.2. The van der Waals surface area contributed by atoms with E-state index >= 15 is 0 Å². The van der Waals surface area contributed by atoms with Crippen LogP contribution in [0.3, 0.4) is 0 Å². The molecule has 0 spiro atoms. The Balaban J connectivity index is 1.25. The van der Waals surface area contributed by atoms with Crippen LogP contribution in [0.1, 0.15) is 16.1 Å². The van der Waals surface area contributed by atoms with Gasteiger partial charge >= 0.3 is 0 Å². The molecule has 164 valence electrons. The molecular weight excluding hydrogens is 406 g/mol. The zero-order valence-electron chi connectivity index (χ0n) is 18.0. The fourth-order valence-corrected chi connectivity index (χ4v) is 4.22. The van der Waals surface area contributed by atoms with Crippen LogP contribution in [0.15, 0.2) is 54.6 Å². The summed E-state index contributed by atoms with van der Waals surface area (Å²) in [7, 11) is 0. The second-order valence-corrected chi connectivity index (χ2v) is 8.02. The number of rotatable bonds is 4. The molecule has 0 aliphatic carbocycles. The summed E-state index contributed by atoms with van der Waals surface area (Å²) in [6.07, 6.45) is 0. The zero-order valence-corrected chi connectivity index (χ0v) is 18.0. The molecule has 0 saturated carbocycles. The number of piperazine rings is 1. The molecule has 32 heavy (non-hydrogen) atoms. The molecule has 3 heterocycles. The van der Waals surface area contributed by atoms with Crippen molar-refractivity contribution in [3.63, 3.8) is 0 Å². The number of H-pyrrole nitrogens is 1. The number of nitrogens with one attached hydrogen (secondary N) is 1. The summed E-state index contributed by atoms with van der Waals surface area (Å²) in [4.78, 5) is 33.0. The number of aromatic nitrogens is 1. The van der Waals surface area contributed by atoms with Gasteiger partial charge in [-0.05, 0) is 30.7 Å². The van der Waals surface area contributed by atoms with Crippen LogP contribution in [0.2, 0.25) is 0 Å². The van der Waals surface area contributed by atoms with Gasteiger partial charge in [-0.2, -0.15) is 0 Å². The molecular formula is C25H25N3O4. The van der Waals surface area contributed by atoms with Crippen LogP contribution in [0.5, 0.6) is 11.5 Å². The van der Waals surface area contributed by atoms with E-state index in [2.05, 4.69) is 9.88 Å². The van der Waals surface area contributed by atoms with E-state index in [9.17, 15) is 9.59 Å². The lowest BCUT2D eigenvalue weighted by molar-refractivity contribution is -0.126. The summed E-state index contributed by atoms with van der Waals surface area (Å²) in [6.45, 7) is 5.23. The highest BCUT2D eigenvalue weighted by atomic mass is 16.6. The van der Waals surface area contributed by atoms with Crippen molar-refractivity contribution in [3.05, 3.63) is 65.9 Å². The van der Waals surface area contributed by atoms with Crippen LogP contribution < -0.4 is 14.4 Å². The molecule has 0 bridgehead atoms. The molecule has 2 aliphatic rings.